The molecule has 0 saturated carbocycles. The Hall–Kier alpha value is -1.55. The summed E-state index contributed by atoms with van der Waals surface area (Å²) in [6, 6.07) is 5.62. The van der Waals surface area contributed by atoms with Crippen molar-refractivity contribution in [1.82, 2.24) is 9.78 Å². The molecule has 0 radical (unpaired) electrons. The molecule has 0 aliphatic heterocycles. The van der Waals surface area contributed by atoms with Crippen LogP contribution < -0.4 is 0 Å². The summed E-state index contributed by atoms with van der Waals surface area (Å²) in [5.74, 6) is 0.784. The summed E-state index contributed by atoms with van der Waals surface area (Å²) < 4.78 is 6.94. The molecular formula is C12H16N2O2. The number of furan rings is 1. The fourth-order valence-electron chi connectivity index (χ4n) is 1.75. The molecule has 0 aliphatic carbocycles. The second-order valence-corrected chi connectivity index (χ2v) is 3.84. The Morgan fingerprint density at radius 2 is 2.38 bits per heavy atom. The number of nitrogens with zero attached hydrogens (tertiary/aromatic N) is 2. The molecule has 0 amide bonds. The number of aliphatic hydroxyl groups is 1. The second kappa shape index (κ2) is 4.53. The average molecular weight is 220 g/mol. The van der Waals surface area contributed by atoms with Gasteiger partial charge in [0.15, 0.2) is 0 Å². The molecule has 2 aromatic heterocycles. The smallest absolute Gasteiger partial charge is 0.106 e. The molecule has 2 heterocycles. The monoisotopic (exact) mass is 220 g/mol. The van der Waals surface area contributed by atoms with Crippen molar-refractivity contribution in [1.29, 1.82) is 0 Å². The largest absolute Gasteiger partial charge is 0.469 e. The normalized spacial score (nSPS) is 12.9. The van der Waals surface area contributed by atoms with Gasteiger partial charge in [-0.25, -0.2) is 0 Å². The van der Waals surface area contributed by atoms with E-state index < -0.39 is 6.10 Å². The third kappa shape index (κ3) is 2.17. The summed E-state index contributed by atoms with van der Waals surface area (Å²) in [7, 11) is 1.85. The van der Waals surface area contributed by atoms with Crippen molar-refractivity contribution in [3.8, 4) is 0 Å². The molecule has 0 fully saturated rings. The molecule has 86 valence electrons. The zero-order valence-corrected chi connectivity index (χ0v) is 9.55. The van der Waals surface area contributed by atoms with Gasteiger partial charge in [-0.05, 0) is 24.6 Å². The maximum absolute atomic E-state index is 10.1. The van der Waals surface area contributed by atoms with Gasteiger partial charge in [-0.2, -0.15) is 5.10 Å². The molecule has 16 heavy (non-hydrogen) atoms. The Bertz CT molecular complexity index is 446. The Morgan fingerprint density at radius 1 is 1.56 bits per heavy atom. The van der Waals surface area contributed by atoms with E-state index in [0.29, 0.717) is 6.42 Å². The van der Waals surface area contributed by atoms with Gasteiger partial charge in [0.05, 0.1) is 17.7 Å². The van der Waals surface area contributed by atoms with E-state index in [9.17, 15) is 5.11 Å². The molecule has 0 aromatic carbocycles. The lowest BCUT2D eigenvalue weighted by molar-refractivity contribution is 0.161. The van der Waals surface area contributed by atoms with E-state index in [0.717, 1.165) is 23.6 Å². The number of hydrogen-bond donors (Lipinski definition) is 1. The van der Waals surface area contributed by atoms with Crippen LogP contribution in [-0.2, 0) is 19.9 Å². The van der Waals surface area contributed by atoms with E-state index in [2.05, 4.69) is 5.10 Å². The number of aromatic nitrogens is 2. The highest BCUT2D eigenvalue weighted by Crippen LogP contribution is 2.19. The third-order valence-corrected chi connectivity index (χ3v) is 2.64. The number of hydrogen-bond acceptors (Lipinski definition) is 3. The molecule has 2 aromatic rings. The van der Waals surface area contributed by atoms with Crippen LogP contribution in [0.2, 0.25) is 0 Å². The van der Waals surface area contributed by atoms with Crippen molar-refractivity contribution in [3.05, 3.63) is 41.6 Å². The van der Waals surface area contributed by atoms with Crippen LogP contribution in [0.3, 0.4) is 0 Å². The van der Waals surface area contributed by atoms with Crippen LogP contribution in [0.15, 0.2) is 28.9 Å². The molecule has 1 N–H and O–H groups in total. The van der Waals surface area contributed by atoms with Gasteiger partial charge in [-0.1, -0.05) is 6.92 Å². The molecule has 0 bridgehead atoms. The topological polar surface area (TPSA) is 51.2 Å². The first-order chi connectivity index (χ1) is 7.70. The van der Waals surface area contributed by atoms with E-state index in [1.165, 1.54) is 0 Å². The SMILES string of the molecule is CCc1cc(C(O)Cc2ccco2)n(C)n1. The maximum atomic E-state index is 10.1. The van der Waals surface area contributed by atoms with Crippen LogP contribution >= 0.6 is 0 Å². The first-order valence-corrected chi connectivity index (χ1v) is 5.44. The number of rotatable bonds is 4. The van der Waals surface area contributed by atoms with Crippen molar-refractivity contribution in [3.63, 3.8) is 0 Å². The summed E-state index contributed by atoms with van der Waals surface area (Å²) in [6.07, 6.45) is 2.41. The lowest BCUT2D eigenvalue weighted by Crippen LogP contribution is -2.07. The molecule has 1 unspecified atom stereocenters. The summed E-state index contributed by atoms with van der Waals surface area (Å²) in [6.45, 7) is 2.05. The minimum Gasteiger partial charge on any atom is -0.469 e. The molecular weight excluding hydrogens is 204 g/mol. The highest BCUT2D eigenvalue weighted by Gasteiger charge is 2.15. The van der Waals surface area contributed by atoms with Crippen molar-refractivity contribution in [2.45, 2.75) is 25.9 Å². The standard InChI is InChI=1S/C12H16N2O2/c1-3-9-7-11(14(2)13-9)12(15)8-10-5-4-6-16-10/h4-7,12,15H,3,8H2,1-2H3. The Morgan fingerprint density at radius 3 is 2.94 bits per heavy atom. The molecule has 0 spiro atoms. The minimum atomic E-state index is -0.566. The van der Waals surface area contributed by atoms with Gasteiger partial charge in [-0.15, -0.1) is 0 Å². The van der Waals surface area contributed by atoms with Crippen LogP contribution in [0.25, 0.3) is 0 Å². The van der Waals surface area contributed by atoms with E-state index >= 15 is 0 Å². The van der Waals surface area contributed by atoms with E-state index in [-0.39, 0.29) is 0 Å². The highest BCUT2D eigenvalue weighted by atomic mass is 16.3. The second-order valence-electron chi connectivity index (χ2n) is 3.84. The van der Waals surface area contributed by atoms with Crippen LogP contribution in [0.4, 0.5) is 0 Å². The zero-order chi connectivity index (χ0) is 11.5. The Labute approximate surface area is 94.5 Å². The zero-order valence-electron chi connectivity index (χ0n) is 9.55. The van der Waals surface area contributed by atoms with Crippen LogP contribution in [0.5, 0.6) is 0 Å². The van der Waals surface area contributed by atoms with Crippen molar-refractivity contribution >= 4 is 0 Å². The van der Waals surface area contributed by atoms with Crippen molar-refractivity contribution in [2.24, 2.45) is 7.05 Å². The molecule has 0 saturated heterocycles. The Balaban J connectivity index is 2.14. The summed E-state index contributed by atoms with van der Waals surface area (Å²) in [5, 5.41) is 14.4. The van der Waals surface area contributed by atoms with E-state index in [1.807, 2.05) is 32.2 Å². The van der Waals surface area contributed by atoms with Gasteiger partial charge in [-0.3, -0.25) is 4.68 Å². The molecule has 2 rings (SSSR count). The number of aryl methyl sites for hydroxylation is 2. The lowest BCUT2D eigenvalue weighted by Gasteiger charge is -2.08. The molecule has 4 heteroatoms. The predicted octanol–water partition coefficient (Wildman–Crippen LogP) is 1.85. The Kier molecular flexibility index (Phi) is 3.10. The van der Waals surface area contributed by atoms with Gasteiger partial charge in [0.2, 0.25) is 0 Å². The van der Waals surface area contributed by atoms with E-state index in [1.54, 1.807) is 10.9 Å². The lowest BCUT2D eigenvalue weighted by atomic mass is 10.1. The van der Waals surface area contributed by atoms with Crippen molar-refractivity contribution < 1.29 is 9.52 Å². The van der Waals surface area contributed by atoms with E-state index in [4.69, 9.17) is 4.42 Å². The summed E-state index contributed by atoms with van der Waals surface area (Å²) in [5.41, 5.74) is 1.82. The fraction of sp³-hybridized carbons (Fsp3) is 0.417. The highest BCUT2D eigenvalue weighted by molar-refractivity contribution is 5.14. The van der Waals surface area contributed by atoms with Gasteiger partial charge in [0, 0.05) is 13.5 Å². The van der Waals surface area contributed by atoms with Gasteiger partial charge >= 0.3 is 0 Å². The van der Waals surface area contributed by atoms with Crippen LogP contribution in [0.1, 0.15) is 30.2 Å². The average Bonchev–Trinajstić information content (AvgIpc) is 2.87. The quantitative estimate of drug-likeness (QED) is 0.855. The first kappa shape index (κ1) is 11.0. The summed E-state index contributed by atoms with van der Waals surface area (Å²) in [4.78, 5) is 0. The molecule has 1 atom stereocenters. The fourth-order valence-corrected chi connectivity index (χ4v) is 1.75. The predicted molar refractivity (Wildman–Crippen MR) is 60.0 cm³/mol. The van der Waals surface area contributed by atoms with Gasteiger partial charge in [0.1, 0.15) is 11.9 Å². The van der Waals surface area contributed by atoms with Crippen LogP contribution in [-0.4, -0.2) is 14.9 Å². The van der Waals surface area contributed by atoms with Gasteiger partial charge in [0.25, 0.3) is 0 Å². The third-order valence-electron chi connectivity index (χ3n) is 2.64. The maximum Gasteiger partial charge on any atom is 0.106 e. The minimum absolute atomic E-state index is 0.482. The van der Waals surface area contributed by atoms with Crippen LogP contribution in [0, 0.1) is 0 Å². The first-order valence-electron chi connectivity index (χ1n) is 5.44. The van der Waals surface area contributed by atoms with Crippen molar-refractivity contribution in [2.75, 3.05) is 0 Å². The summed E-state index contributed by atoms with van der Waals surface area (Å²) >= 11 is 0. The molecule has 4 nitrogen and oxygen atoms in total. The van der Waals surface area contributed by atoms with Gasteiger partial charge < -0.3 is 9.52 Å². The number of aliphatic hydroxyl groups excluding tert-OH is 1. The molecule has 0 aliphatic rings.